The van der Waals surface area contributed by atoms with Gasteiger partial charge < -0.3 is 14.3 Å². The summed E-state index contributed by atoms with van der Waals surface area (Å²) in [5.74, 6) is 0. The van der Waals surface area contributed by atoms with Crippen LogP contribution >= 0.6 is 0 Å². The van der Waals surface area contributed by atoms with Crippen LogP contribution in [0.15, 0.2) is 132 Å². The first-order chi connectivity index (χ1) is 35.1. The van der Waals surface area contributed by atoms with E-state index in [4.69, 9.17) is 4.42 Å². The number of hydrogen-bond donors (Lipinski definition) is 1. The highest BCUT2D eigenvalue weighted by molar-refractivity contribution is 6.74. The minimum absolute atomic E-state index is 0.00286. The van der Waals surface area contributed by atoms with Crippen LogP contribution in [0.5, 0.6) is 0 Å². The topological polar surface area (TPSA) is 30.1 Å². The van der Waals surface area contributed by atoms with Gasteiger partial charge in [-0.05, 0) is 192 Å². The van der Waals surface area contributed by atoms with Gasteiger partial charge in [-0.25, -0.2) is 0 Å². The number of aromatic nitrogens is 1. The summed E-state index contributed by atoms with van der Waals surface area (Å²) in [6, 6.07) is 49.7. The van der Waals surface area contributed by atoms with Crippen LogP contribution in [-0.2, 0) is 32.5 Å². The van der Waals surface area contributed by atoms with Gasteiger partial charge in [0.05, 0.1) is 5.52 Å². The van der Waals surface area contributed by atoms with E-state index in [1.807, 2.05) is 0 Å². The highest BCUT2D eigenvalue weighted by Crippen LogP contribution is 2.54. The molecule has 0 atom stereocenters. The largest absolute Gasteiger partial charge is 0.456 e. The van der Waals surface area contributed by atoms with Crippen LogP contribution in [0.3, 0.4) is 0 Å². The van der Waals surface area contributed by atoms with E-state index in [2.05, 4.69) is 220 Å². The number of anilines is 2. The van der Waals surface area contributed by atoms with Crippen molar-refractivity contribution in [3.05, 3.63) is 161 Å². The molecule has 0 fully saturated rings. The van der Waals surface area contributed by atoms with Gasteiger partial charge in [0.15, 0.2) is 7.28 Å². The molecule has 0 bridgehead atoms. The Kier molecular flexibility index (Phi) is 9.39. The van der Waals surface area contributed by atoms with Crippen LogP contribution in [0.4, 0.5) is 11.4 Å². The van der Waals surface area contributed by atoms with E-state index in [-0.39, 0.29) is 32.5 Å². The fourth-order valence-corrected chi connectivity index (χ4v) is 14.9. The molecule has 4 heteroatoms. The summed E-state index contributed by atoms with van der Waals surface area (Å²) in [4.78, 5) is 0. The lowest BCUT2D eigenvalue weighted by molar-refractivity contribution is 0.332. The molecule has 1 aliphatic heterocycles. The van der Waals surface area contributed by atoms with E-state index in [0.29, 0.717) is 0 Å². The molecule has 0 radical (unpaired) electrons. The monoisotopic (exact) mass is 967 g/mol. The molecule has 0 spiro atoms. The molecule has 10 aromatic rings. The molecule has 3 aliphatic carbocycles. The Bertz CT molecular complexity index is 4090. The number of nitrogens with one attached hydrogen (secondary N) is 1. The second kappa shape index (κ2) is 15.1. The van der Waals surface area contributed by atoms with Crippen LogP contribution in [-0.4, -0.2) is 11.8 Å². The van der Waals surface area contributed by atoms with Crippen molar-refractivity contribution in [1.29, 1.82) is 0 Å². The lowest BCUT2D eigenvalue weighted by atomic mass is 9.55. The van der Waals surface area contributed by atoms with Crippen LogP contribution in [0.1, 0.15) is 155 Å². The van der Waals surface area contributed by atoms with Crippen molar-refractivity contribution >= 4 is 84.1 Å². The third kappa shape index (κ3) is 6.51. The zero-order valence-corrected chi connectivity index (χ0v) is 45.9. The molecule has 0 unspecified atom stereocenters. The fraction of sp³-hybridized carbons (Fsp3) is 0.343. The first-order valence-electron chi connectivity index (χ1n) is 27.8. The predicted molar refractivity (Wildman–Crippen MR) is 318 cm³/mol. The predicted octanol–water partition coefficient (Wildman–Crippen LogP) is 17.7. The Hall–Kier alpha value is -6.52. The molecule has 0 saturated heterocycles. The average Bonchev–Trinajstić information content (AvgIpc) is 3.94. The number of para-hydroxylation sites is 1. The molecular formula is C70H71BN2O. The Morgan fingerprint density at radius 2 is 1.01 bits per heavy atom. The summed E-state index contributed by atoms with van der Waals surface area (Å²) < 4.78 is 9.46. The van der Waals surface area contributed by atoms with E-state index >= 15 is 0 Å². The molecule has 74 heavy (non-hydrogen) atoms. The molecule has 0 saturated carbocycles. The molecule has 3 nitrogen and oxygen atoms in total. The summed E-state index contributed by atoms with van der Waals surface area (Å²) in [5.41, 5.74) is 25.3. The van der Waals surface area contributed by atoms with E-state index < -0.39 is 0 Å². The second-order valence-corrected chi connectivity index (χ2v) is 27.3. The number of rotatable bonds is 4. The molecule has 1 N–H and O–H groups in total. The van der Waals surface area contributed by atoms with Gasteiger partial charge >= 0.3 is 0 Å². The molecule has 2 aromatic heterocycles. The van der Waals surface area contributed by atoms with Gasteiger partial charge in [0.1, 0.15) is 11.2 Å². The maximum Gasteiger partial charge on any atom is 0.198 e. The van der Waals surface area contributed by atoms with Crippen molar-refractivity contribution in [2.24, 2.45) is 0 Å². The number of nitrogens with zero attached hydrogens (tertiary/aromatic N) is 1. The Morgan fingerprint density at radius 1 is 0.432 bits per heavy atom. The quantitative estimate of drug-likeness (QED) is 0.178. The second-order valence-electron chi connectivity index (χ2n) is 27.3. The molecule has 370 valence electrons. The maximum absolute atomic E-state index is 6.74. The average molecular weight is 967 g/mol. The van der Waals surface area contributed by atoms with Gasteiger partial charge in [-0.2, -0.15) is 0 Å². The van der Waals surface area contributed by atoms with Crippen LogP contribution in [0.25, 0.3) is 82.5 Å². The van der Waals surface area contributed by atoms with Crippen LogP contribution in [0, 0.1) is 0 Å². The van der Waals surface area contributed by atoms with Crippen LogP contribution in [0.2, 0.25) is 0 Å². The standard InChI is InChI=1S/C70H71BN2O/c1-65(2)28-29-66(3,4)49-34-41(25-26-48(49)65)72-55-38-52-50(67(5,6)30-32-69(52,9)10)36-45(55)47-35-46(43-21-17-23-59-60(43)44-20-15-16-22-58(44)74-59)62-61-42-19-14-13-18-40(42)24-27-56(61)73-57-39-53-51(37-54(57)71-63(47)64(62)73)68(7,8)31-33-70(53,11)12/h13-27,34-39,71-72H,28-33H2,1-12H3. The van der Waals surface area contributed by atoms with E-state index in [0.717, 1.165) is 42.4 Å². The van der Waals surface area contributed by atoms with Crippen molar-refractivity contribution in [1.82, 2.24) is 4.57 Å². The Labute approximate surface area is 439 Å². The lowest BCUT2D eigenvalue weighted by Crippen LogP contribution is -2.41. The lowest BCUT2D eigenvalue weighted by Gasteiger charge is -2.43. The highest BCUT2D eigenvalue weighted by Gasteiger charge is 2.42. The van der Waals surface area contributed by atoms with E-state index in [1.165, 1.54) is 142 Å². The van der Waals surface area contributed by atoms with Gasteiger partial charge in [0.2, 0.25) is 0 Å². The van der Waals surface area contributed by atoms with Gasteiger partial charge in [-0.1, -0.05) is 161 Å². The summed E-state index contributed by atoms with van der Waals surface area (Å²) >= 11 is 0. The van der Waals surface area contributed by atoms with Crippen LogP contribution < -0.4 is 16.2 Å². The SMILES string of the molecule is CC1(C)CCC(C)(C)c2cc(Nc3cc4c(cc3-c3cc(-c5cccc6oc7ccccc7c56)c5c6c7ccccc7ccc6n6c5c3Bc3cc5c(cc3-6)C(C)(C)CCC5(C)C)C(C)(C)CCC4(C)C)ccc21. The molecule has 3 heterocycles. The molecule has 8 aromatic carbocycles. The summed E-state index contributed by atoms with van der Waals surface area (Å²) in [6.07, 6.45) is 7.03. The maximum atomic E-state index is 6.74. The number of fused-ring (bicyclic) bond motifs is 13. The minimum Gasteiger partial charge on any atom is -0.456 e. The Morgan fingerprint density at radius 3 is 1.72 bits per heavy atom. The summed E-state index contributed by atoms with van der Waals surface area (Å²) in [5, 5.41) is 11.8. The third-order valence-corrected chi connectivity index (χ3v) is 19.8. The summed E-state index contributed by atoms with van der Waals surface area (Å²) in [6.45, 7) is 29.6. The van der Waals surface area contributed by atoms with Crippen molar-refractivity contribution in [3.63, 3.8) is 0 Å². The molecule has 14 rings (SSSR count). The van der Waals surface area contributed by atoms with E-state index in [9.17, 15) is 0 Å². The fourth-order valence-electron chi connectivity index (χ4n) is 14.9. The highest BCUT2D eigenvalue weighted by atomic mass is 16.3. The zero-order chi connectivity index (χ0) is 51.2. The molecule has 4 aliphatic rings. The summed E-state index contributed by atoms with van der Waals surface area (Å²) in [7, 11) is 0.839. The van der Waals surface area contributed by atoms with Crippen molar-refractivity contribution in [2.75, 3.05) is 5.32 Å². The smallest absolute Gasteiger partial charge is 0.198 e. The first-order valence-corrected chi connectivity index (χ1v) is 27.8. The van der Waals surface area contributed by atoms with Crippen molar-refractivity contribution in [2.45, 2.75) is 154 Å². The number of benzene rings is 8. The van der Waals surface area contributed by atoms with E-state index in [1.54, 1.807) is 0 Å². The Balaban J connectivity index is 1.15. The van der Waals surface area contributed by atoms with Crippen molar-refractivity contribution in [3.8, 4) is 27.9 Å². The zero-order valence-electron chi connectivity index (χ0n) is 45.9. The number of hydrogen-bond acceptors (Lipinski definition) is 2. The minimum atomic E-state index is 0.00286. The molecular weight excluding hydrogens is 896 g/mol. The first kappa shape index (κ1) is 46.0. The van der Waals surface area contributed by atoms with Gasteiger partial charge in [0.25, 0.3) is 0 Å². The van der Waals surface area contributed by atoms with Crippen molar-refractivity contribution < 1.29 is 4.42 Å². The van der Waals surface area contributed by atoms with Gasteiger partial charge in [-0.15, -0.1) is 0 Å². The normalized spacial score (nSPS) is 19.2. The number of furan rings is 1. The van der Waals surface area contributed by atoms with Gasteiger partial charge in [-0.3, -0.25) is 0 Å². The molecule has 0 amide bonds. The van der Waals surface area contributed by atoms with Gasteiger partial charge in [0, 0.05) is 49.7 Å². The third-order valence-electron chi connectivity index (χ3n) is 19.8.